The Hall–Kier alpha value is -3.49. The van der Waals surface area contributed by atoms with Gasteiger partial charge < -0.3 is 24.2 Å². The molecule has 0 bridgehead atoms. The second-order valence-corrected chi connectivity index (χ2v) is 10.9. The van der Waals surface area contributed by atoms with Crippen molar-refractivity contribution < 1.29 is 14.3 Å². The van der Waals surface area contributed by atoms with E-state index in [0.717, 1.165) is 30.0 Å². The Morgan fingerprint density at radius 2 is 1.92 bits per heavy atom. The average Bonchev–Trinajstić information content (AvgIpc) is 3.39. The molecule has 0 radical (unpaired) electrons. The lowest BCUT2D eigenvalue weighted by Crippen LogP contribution is -2.49. The number of piperazine rings is 1. The molecule has 1 aromatic heterocycles. The number of likely N-dealkylation sites (tertiary alicyclic amines) is 1. The van der Waals surface area contributed by atoms with E-state index in [1.54, 1.807) is 0 Å². The fourth-order valence-electron chi connectivity index (χ4n) is 6.22. The van der Waals surface area contributed by atoms with Crippen LogP contribution < -0.4 is 9.64 Å². The van der Waals surface area contributed by atoms with Crippen molar-refractivity contribution in [3.63, 3.8) is 0 Å². The van der Waals surface area contributed by atoms with E-state index in [0.29, 0.717) is 57.9 Å². The SMILES string of the molecule is C=CC(=O)N1CCN(c2nc(OC[C@@H]3CCCN3C)nc3c2COC(c2cccc4cccc(C)c24)C3)CC1. The van der Waals surface area contributed by atoms with Gasteiger partial charge in [-0.1, -0.05) is 43.0 Å². The summed E-state index contributed by atoms with van der Waals surface area (Å²) in [7, 11) is 2.15. The molecule has 2 saturated heterocycles. The van der Waals surface area contributed by atoms with E-state index in [1.807, 2.05) is 4.90 Å². The molecule has 2 atom stereocenters. The predicted molar refractivity (Wildman–Crippen MR) is 152 cm³/mol. The Kier molecular flexibility index (Phi) is 7.23. The van der Waals surface area contributed by atoms with E-state index in [9.17, 15) is 4.79 Å². The van der Waals surface area contributed by atoms with Gasteiger partial charge in [0, 0.05) is 44.2 Å². The highest BCUT2D eigenvalue weighted by Gasteiger charge is 2.31. The lowest BCUT2D eigenvalue weighted by molar-refractivity contribution is -0.126. The van der Waals surface area contributed by atoms with Gasteiger partial charge in [0.25, 0.3) is 0 Å². The van der Waals surface area contributed by atoms with Crippen molar-refractivity contribution in [3.8, 4) is 6.01 Å². The van der Waals surface area contributed by atoms with E-state index >= 15 is 0 Å². The van der Waals surface area contributed by atoms with Crippen LogP contribution in [0.3, 0.4) is 0 Å². The number of amides is 1. The Labute approximate surface area is 230 Å². The molecule has 0 aliphatic carbocycles. The van der Waals surface area contributed by atoms with Crippen molar-refractivity contribution in [3.05, 3.63) is 71.4 Å². The van der Waals surface area contributed by atoms with Crippen LogP contribution in [-0.2, 0) is 22.6 Å². The van der Waals surface area contributed by atoms with Crippen molar-refractivity contribution in [2.24, 2.45) is 0 Å². The van der Waals surface area contributed by atoms with E-state index in [4.69, 9.17) is 19.4 Å². The normalized spacial score (nSPS) is 21.7. The number of aromatic nitrogens is 2. The van der Waals surface area contributed by atoms with Crippen molar-refractivity contribution in [1.29, 1.82) is 0 Å². The first kappa shape index (κ1) is 25.8. The van der Waals surface area contributed by atoms with Crippen molar-refractivity contribution in [2.75, 3.05) is 51.3 Å². The first-order chi connectivity index (χ1) is 19.0. The molecule has 0 N–H and O–H groups in total. The first-order valence-electron chi connectivity index (χ1n) is 14.0. The van der Waals surface area contributed by atoms with E-state index in [2.05, 4.69) is 66.7 Å². The quantitative estimate of drug-likeness (QED) is 0.448. The summed E-state index contributed by atoms with van der Waals surface area (Å²) in [5, 5.41) is 2.48. The number of anilines is 1. The summed E-state index contributed by atoms with van der Waals surface area (Å²) in [5.41, 5.74) is 4.46. The van der Waals surface area contributed by atoms with E-state index in [1.165, 1.54) is 34.4 Å². The van der Waals surface area contributed by atoms with Gasteiger partial charge in [-0.05, 0) is 61.3 Å². The van der Waals surface area contributed by atoms with Crippen LogP contribution in [0.25, 0.3) is 10.8 Å². The Morgan fingerprint density at radius 1 is 1.13 bits per heavy atom. The van der Waals surface area contributed by atoms with Crippen LogP contribution in [0, 0.1) is 6.92 Å². The third-order valence-electron chi connectivity index (χ3n) is 8.49. The molecule has 1 unspecified atom stereocenters. The highest BCUT2D eigenvalue weighted by molar-refractivity contribution is 5.89. The molecule has 8 heteroatoms. The zero-order valence-electron chi connectivity index (χ0n) is 22.9. The lowest BCUT2D eigenvalue weighted by atomic mass is 9.92. The third-order valence-corrected chi connectivity index (χ3v) is 8.49. The lowest BCUT2D eigenvalue weighted by Gasteiger charge is -2.37. The topological polar surface area (TPSA) is 71.0 Å². The van der Waals surface area contributed by atoms with Gasteiger partial charge in [-0.2, -0.15) is 9.97 Å². The van der Waals surface area contributed by atoms with Gasteiger partial charge in [0.15, 0.2) is 0 Å². The van der Waals surface area contributed by atoms with Gasteiger partial charge in [0.1, 0.15) is 12.4 Å². The van der Waals surface area contributed by atoms with Crippen LogP contribution in [0.1, 0.15) is 41.3 Å². The largest absolute Gasteiger partial charge is 0.462 e. The van der Waals surface area contributed by atoms with Crippen LogP contribution in [0.15, 0.2) is 49.1 Å². The standard InChI is InChI=1S/C31H37N5O3/c1-4-28(37)35-14-16-36(17-15-35)30-25-20-38-27(24-12-6-10-22-9-5-8-21(2)29(22)24)18-26(25)32-31(33-30)39-19-23-11-7-13-34(23)3/h4-6,8-10,12,23,27H,1,7,11,13-20H2,2-3H3/t23-,27?/m0/s1. The Morgan fingerprint density at radius 3 is 2.67 bits per heavy atom. The maximum Gasteiger partial charge on any atom is 0.318 e. The molecule has 0 spiro atoms. The smallest absolute Gasteiger partial charge is 0.318 e. The minimum atomic E-state index is -0.0964. The molecule has 2 fully saturated rings. The van der Waals surface area contributed by atoms with Crippen LogP contribution in [0.4, 0.5) is 5.82 Å². The summed E-state index contributed by atoms with van der Waals surface area (Å²) in [6, 6.07) is 13.7. The monoisotopic (exact) mass is 527 g/mol. The third kappa shape index (κ3) is 5.11. The number of aryl methyl sites for hydroxylation is 1. The van der Waals surface area contributed by atoms with Crippen LogP contribution >= 0.6 is 0 Å². The Balaban J connectivity index is 1.31. The number of hydrogen-bond donors (Lipinski definition) is 0. The maximum atomic E-state index is 12.1. The molecule has 1 amide bonds. The van der Waals surface area contributed by atoms with Gasteiger partial charge in [-0.25, -0.2) is 0 Å². The van der Waals surface area contributed by atoms with Gasteiger partial charge in [0.2, 0.25) is 5.91 Å². The average molecular weight is 528 g/mol. The second kappa shape index (κ2) is 10.9. The van der Waals surface area contributed by atoms with E-state index in [-0.39, 0.29) is 12.0 Å². The molecule has 3 aromatic rings. The number of ether oxygens (including phenoxy) is 2. The minimum Gasteiger partial charge on any atom is -0.462 e. The van der Waals surface area contributed by atoms with Gasteiger partial charge in [-0.3, -0.25) is 4.79 Å². The molecular formula is C31H37N5O3. The predicted octanol–water partition coefficient (Wildman–Crippen LogP) is 4.06. The van der Waals surface area contributed by atoms with E-state index < -0.39 is 0 Å². The van der Waals surface area contributed by atoms with Gasteiger partial charge >= 0.3 is 6.01 Å². The zero-order valence-corrected chi connectivity index (χ0v) is 22.9. The summed E-state index contributed by atoms with van der Waals surface area (Å²) in [6.45, 7) is 10.6. The minimum absolute atomic E-state index is 0.0272. The van der Waals surface area contributed by atoms with Crippen molar-refractivity contribution >= 4 is 22.5 Å². The highest BCUT2D eigenvalue weighted by atomic mass is 16.5. The maximum absolute atomic E-state index is 12.1. The fraction of sp³-hybridized carbons (Fsp3) is 0.452. The molecule has 2 aromatic carbocycles. The highest BCUT2D eigenvalue weighted by Crippen LogP contribution is 2.38. The number of fused-ring (bicyclic) bond motifs is 2. The number of carbonyl (C=O) groups is 1. The number of benzene rings is 2. The number of rotatable bonds is 6. The molecule has 3 aliphatic rings. The van der Waals surface area contributed by atoms with Gasteiger partial charge in [0.05, 0.1) is 18.4 Å². The molecule has 0 saturated carbocycles. The van der Waals surface area contributed by atoms with Crippen LogP contribution in [-0.4, -0.2) is 78.1 Å². The summed E-state index contributed by atoms with van der Waals surface area (Å²) >= 11 is 0. The number of likely N-dealkylation sites (N-methyl/N-ethyl adjacent to an activating group) is 1. The summed E-state index contributed by atoms with van der Waals surface area (Å²) in [5.74, 6) is 0.841. The number of nitrogens with zero attached hydrogens (tertiary/aromatic N) is 5. The number of hydrogen-bond acceptors (Lipinski definition) is 7. The molecule has 6 rings (SSSR count). The molecule has 39 heavy (non-hydrogen) atoms. The van der Waals surface area contributed by atoms with Crippen LogP contribution in [0.5, 0.6) is 6.01 Å². The molecular weight excluding hydrogens is 490 g/mol. The summed E-state index contributed by atoms with van der Waals surface area (Å²) in [4.78, 5) is 28.4. The summed E-state index contributed by atoms with van der Waals surface area (Å²) < 4.78 is 12.8. The van der Waals surface area contributed by atoms with Gasteiger partial charge in [-0.15, -0.1) is 0 Å². The second-order valence-electron chi connectivity index (χ2n) is 10.9. The first-order valence-corrected chi connectivity index (χ1v) is 14.0. The molecule has 4 heterocycles. The summed E-state index contributed by atoms with van der Waals surface area (Å²) in [6.07, 6.45) is 4.27. The zero-order chi connectivity index (χ0) is 26.9. The fourth-order valence-corrected chi connectivity index (χ4v) is 6.22. The van der Waals surface area contributed by atoms with Crippen molar-refractivity contribution in [2.45, 2.75) is 44.9 Å². The van der Waals surface area contributed by atoms with Crippen LogP contribution in [0.2, 0.25) is 0 Å². The molecule has 8 nitrogen and oxygen atoms in total. The van der Waals surface area contributed by atoms with Crippen molar-refractivity contribution in [1.82, 2.24) is 19.8 Å². The molecule has 3 aliphatic heterocycles. The molecule has 204 valence electrons. The number of carbonyl (C=O) groups excluding carboxylic acids is 1. The Bertz CT molecular complexity index is 1380.